The second-order valence-corrected chi connectivity index (χ2v) is 3.80. The lowest BCUT2D eigenvalue weighted by molar-refractivity contribution is 0.405. The van der Waals surface area contributed by atoms with Gasteiger partial charge in [0.25, 0.3) is 0 Å². The highest BCUT2D eigenvalue weighted by atomic mass is 19.1. The molecule has 0 bridgehead atoms. The normalized spacial score (nSPS) is 14.7. The molecule has 2 nitrogen and oxygen atoms in total. The van der Waals surface area contributed by atoms with E-state index in [4.69, 9.17) is 10.5 Å². The van der Waals surface area contributed by atoms with Crippen molar-refractivity contribution in [2.45, 2.75) is 26.3 Å². The first-order chi connectivity index (χ1) is 7.10. The van der Waals surface area contributed by atoms with E-state index in [1.165, 1.54) is 13.2 Å². The molecule has 1 unspecified atom stereocenters. The van der Waals surface area contributed by atoms with E-state index in [-0.39, 0.29) is 17.8 Å². The number of rotatable bonds is 4. The zero-order valence-electron chi connectivity index (χ0n) is 9.46. The van der Waals surface area contributed by atoms with Crippen molar-refractivity contribution in [2.24, 2.45) is 11.7 Å². The molecule has 0 saturated heterocycles. The van der Waals surface area contributed by atoms with Gasteiger partial charge in [-0.25, -0.2) is 4.39 Å². The molecular formula is C12H18FNO. The molecule has 0 aromatic heterocycles. The van der Waals surface area contributed by atoms with Gasteiger partial charge in [-0.3, -0.25) is 0 Å². The number of methoxy groups -OCH3 is 1. The number of halogens is 1. The largest absolute Gasteiger partial charge is 0.497 e. The fraction of sp³-hybridized carbons (Fsp3) is 0.500. The SMILES string of the molecule is CCC(C)[C@@H](N)c1ccc(OC)cc1F. The summed E-state index contributed by atoms with van der Waals surface area (Å²) in [5.74, 6) is 0.502. The van der Waals surface area contributed by atoms with Crippen molar-refractivity contribution in [2.75, 3.05) is 7.11 Å². The summed E-state index contributed by atoms with van der Waals surface area (Å²) in [7, 11) is 1.52. The maximum absolute atomic E-state index is 13.6. The van der Waals surface area contributed by atoms with Gasteiger partial charge in [0.1, 0.15) is 11.6 Å². The standard InChI is InChI=1S/C12H18FNO/c1-4-8(2)12(14)10-6-5-9(15-3)7-11(10)13/h5-8,12H,4,14H2,1-3H3/t8?,12-/m1/s1. The van der Waals surface area contributed by atoms with E-state index in [2.05, 4.69) is 0 Å². The Kier molecular flexibility index (Phi) is 4.09. The van der Waals surface area contributed by atoms with Crippen molar-refractivity contribution < 1.29 is 9.13 Å². The molecule has 0 aliphatic rings. The second kappa shape index (κ2) is 5.12. The number of ether oxygens (including phenoxy) is 1. The molecule has 0 radical (unpaired) electrons. The first-order valence-electron chi connectivity index (χ1n) is 5.19. The molecule has 0 heterocycles. The minimum atomic E-state index is -0.290. The summed E-state index contributed by atoms with van der Waals surface area (Å²) in [5.41, 5.74) is 6.52. The van der Waals surface area contributed by atoms with Crippen molar-refractivity contribution in [3.63, 3.8) is 0 Å². The Morgan fingerprint density at radius 1 is 1.47 bits per heavy atom. The summed E-state index contributed by atoms with van der Waals surface area (Å²) < 4.78 is 18.6. The summed E-state index contributed by atoms with van der Waals surface area (Å²) in [5, 5.41) is 0. The number of hydrogen-bond donors (Lipinski definition) is 1. The van der Waals surface area contributed by atoms with Gasteiger partial charge in [0, 0.05) is 17.7 Å². The van der Waals surface area contributed by atoms with Crippen molar-refractivity contribution >= 4 is 0 Å². The fourth-order valence-electron chi connectivity index (χ4n) is 1.47. The lowest BCUT2D eigenvalue weighted by atomic mass is 9.93. The summed E-state index contributed by atoms with van der Waals surface area (Å²) in [6, 6.07) is 4.56. The van der Waals surface area contributed by atoms with Gasteiger partial charge in [-0.2, -0.15) is 0 Å². The molecule has 2 N–H and O–H groups in total. The summed E-state index contributed by atoms with van der Waals surface area (Å²) in [6.07, 6.45) is 0.937. The van der Waals surface area contributed by atoms with Gasteiger partial charge in [0.15, 0.2) is 0 Å². The summed E-state index contributed by atoms with van der Waals surface area (Å²) in [4.78, 5) is 0. The van der Waals surface area contributed by atoms with E-state index in [1.54, 1.807) is 12.1 Å². The Morgan fingerprint density at radius 3 is 2.60 bits per heavy atom. The summed E-state index contributed by atoms with van der Waals surface area (Å²) >= 11 is 0. The maximum atomic E-state index is 13.6. The van der Waals surface area contributed by atoms with E-state index in [1.807, 2.05) is 13.8 Å². The van der Waals surface area contributed by atoms with Crippen LogP contribution in [-0.4, -0.2) is 7.11 Å². The Labute approximate surface area is 90.2 Å². The van der Waals surface area contributed by atoms with Crippen LogP contribution in [0, 0.1) is 11.7 Å². The first kappa shape index (κ1) is 12.0. The molecular weight excluding hydrogens is 193 g/mol. The van der Waals surface area contributed by atoms with Crippen molar-refractivity contribution in [3.05, 3.63) is 29.6 Å². The lowest BCUT2D eigenvalue weighted by Crippen LogP contribution is -2.19. The molecule has 1 aromatic rings. The number of hydrogen-bond acceptors (Lipinski definition) is 2. The number of benzene rings is 1. The van der Waals surface area contributed by atoms with Gasteiger partial charge in [-0.15, -0.1) is 0 Å². The van der Waals surface area contributed by atoms with Gasteiger partial charge in [-0.05, 0) is 12.0 Å². The predicted octanol–water partition coefficient (Wildman–Crippen LogP) is 2.88. The molecule has 1 aromatic carbocycles. The maximum Gasteiger partial charge on any atom is 0.131 e. The van der Waals surface area contributed by atoms with E-state index < -0.39 is 0 Å². The van der Waals surface area contributed by atoms with Crippen LogP contribution >= 0.6 is 0 Å². The lowest BCUT2D eigenvalue weighted by Gasteiger charge is -2.19. The van der Waals surface area contributed by atoms with Gasteiger partial charge in [0.05, 0.1) is 7.11 Å². The third kappa shape index (κ3) is 2.69. The molecule has 0 fully saturated rings. The van der Waals surface area contributed by atoms with E-state index in [9.17, 15) is 4.39 Å². The van der Waals surface area contributed by atoms with Crippen LogP contribution in [0.1, 0.15) is 31.9 Å². The smallest absolute Gasteiger partial charge is 0.131 e. The molecule has 0 saturated carbocycles. The monoisotopic (exact) mass is 211 g/mol. The van der Waals surface area contributed by atoms with Crippen LogP contribution in [0.5, 0.6) is 5.75 Å². The Morgan fingerprint density at radius 2 is 2.13 bits per heavy atom. The minimum Gasteiger partial charge on any atom is -0.497 e. The molecule has 0 spiro atoms. The van der Waals surface area contributed by atoms with Crippen molar-refractivity contribution in [3.8, 4) is 5.75 Å². The van der Waals surface area contributed by atoms with Crippen molar-refractivity contribution in [1.29, 1.82) is 0 Å². The Hall–Kier alpha value is -1.09. The van der Waals surface area contributed by atoms with Crippen LogP contribution in [0.4, 0.5) is 4.39 Å². The summed E-state index contributed by atoms with van der Waals surface area (Å²) in [6.45, 7) is 4.07. The molecule has 2 atom stereocenters. The molecule has 0 aliphatic carbocycles. The van der Waals surface area contributed by atoms with Crippen molar-refractivity contribution in [1.82, 2.24) is 0 Å². The van der Waals surface area contributed by atoms with Crippen LogP contribution in [0.25, 0.3) is 0 Å². The van der Waals surface area contributed by atoms with Crippen LogP contribution in [0.3, 0.4) is 0 Å². The second-order valence-electron chi connectivity index (χ2n) is 3.80. The molecule has 1 rings (SSSR count). The molecule has 3 heteroatoms. The number of nitrogens with two attached hydrogens (primary N) is 1. The highest BCUT2D eigenvalue weighted by Crippen LogP contribution is 2.26. The molecule has 15 heavy (non-hydrogen) atoms. The van der Waals surface area contributed by atoms with Gasteiger partial charge < -0.3 is 10.5 Å². The molecule has 0 amide bonds. The van der Waals surface area contributed by atoms with Crippen LogP contribution < -0.4 is 10.5 Å². The quantitative estimate of drug-likeness (QED) is 0.831. The third-order valence-electron chi connectivity index (χ3n) is 2.82. The average molecular weight is 211 g/mol. The van der Waals surface area contributed by atoms with Gasteiger partial charge in [-0.1, -0.05) is 26.3 Å². The highest BCUT2D eigenvalue weighted by Gasteiger charge is 2.17. The minimum absolute atomic E-state index is 0.249. The van der Waals surface area contributed by atoms with Crippen LogP contribution in [0.15, 0.2) is 18.2 Å². The van der Waals surface area contributed by atoms with Gasteiger partial charge in [0.2, 0.25) is 0 Å². The third-order valence-corrected chi connectivity index (χ3v) is 2.82. The first-order valence-corrected chi connectivity index (χ1v) is 5.19. The van der Waals surface area contributed by atoms with E-state index in [0.29, 0.717) is 11.3 Å². The predicted molar refractivity (Wildman–Crippen MR) is 59.3 cm³/mol. The fourth-order valence-corrected chi connectivity index (χ4v) is 1.47. The highest BCUT2D eigenvalue weighted by molar-refractivity contribution is 5.30. The zero-order chi connectivity index (χ0) is 11.4. The van der Waals surface area contributed by atoms with Crippen LogP contribution in [0.2, 0.25) is 0 Å². The average Bonchev–Trinajstić information content (AvgIpc) is 2.26. The molecule has 0 aliphatic heterocycles. The van der Waals surface area contributed by atoms with E-state index >= 15 is 0 Å². The topological polar surface area (TPSA) is 35.2 Å². The molecule has 84 valence electrons. The van der Waals surface area contributed by atoms with Crippen LogP contribution in [-0.2, 0) is 0 Å². The van der Waals surface area contributed by atoms with Gasteiger partial charge >= 0.3 is 0 Å². The zero-order valence-corrected chi connectivity index (χ0v) is 9.46. The van der Waals surface area contributed by atoms with E-state index in [0.717, 1.165) is 6.42 Å². The Balaban J connectivity index is 2.95. The Bertz CT molecular complexity index is 327.